The summed E-state index contributed by atoms with van der Waals surface area (Å²) < 4.78 is 0. The molecule has 94 valence electrons. The van der Waals surface area contributed by atoms with Crippen molar-refractivity contribution in [2.24, 2.45) is 0 Å². The number of rotatable bonds is 3. The van der Waals surface area contributed by atoms with Gasteiger partial charge in [-0.1, -0.05) is 26.0 Å². The van der Waals surface area contributed by atoms with Crippen molar-refractivity contribution >= 4 is 22.9 Å². The molecule has 2 rings (SSSR count). The summed E-state index contributed by atoms with van der Waals surface area (Å²) in [5.74, 6) is 0.340. The fourth-order valence-electron chi connectivity index (χ4n) is 1.61. The van der Waals surface area contributed by atoms with Crippen LogP contribution in [0.1, 0.15) is 40.8 Å². The highest BCUT2D eigenvalue weighted by molar-refractivity contribution is 7.09. The molecule has 0 aliphatic carbocycles. The largest absolute Gasteiger partial charge is 0.321 e. The van der Waals surface area contributed by atoms with E-state index in [1.807, 2.05) is 31.2 Å². The second-order valence-electron chi connectivity index (χ2n) is 4.48. The van der Waals surface area contributed by atoms with Crippen LogP contribution in [0.2, 0.25) is 0 Å². The maximum absolute atomic E-state index is 11.9. The molecule has 0 atom stereocenters. The molecule has 1 amide bonds. The van der Waals surface area contributed by atoms with Crippen LogP contribution in [0.5, 0.6) is 0 Å². The predicted molar refractivity (Wildman–Crippen MR) is 75.3 cm³/mol. The molecule has 1 N–H and O–H groups in total. The molecular weight excluding hydrogens is 244 g/mol. The van der Waals surface area contributed by atoms with E-state index in [1.54, 1.807) is 5.38 Å². The van der Waals surface area contributed by atoms with Crippen LogP contribution < -0.4 is 5.32 Å². The first-order chi connectivity index (χ1) is 8.56. The summed E-state index contributed by atoms with van der Waals surface area (Å²) in [7, 11) is 0. The first-order valence-corrected chi connectivity index (χ1v) is 6.77. The van der Waals surface area contributed by atoms with Crippen LogP contribution in [-0.4, -0.2) is 10.9 Å². The van der Waals surface area contributed by atoms with Crippen molar-refractivity contribution in [2.45, 2.75) is 26.7 Å². The van der Waals surface area contributed by atoms with E-state index in [2.05, 4.69) is 24.1 Å². The van der Waals surface area contributed by atoms with Crippen LogP contribution in [0.3, 0.4) is 0 Å². The maximum atomic E-state index is 11.9. The number of nitrogens with zero attached hydrogens (tertiary/aromatic N) is 1. The van der Waals surface area contributed by atoms with E-state index in [0.29, 0.717) is 11.6 Å². The minimum atomic E-state index is -0.156. The lowest BCUT2D eigenvalue weighted by Gasteiger charge is -2.07. The fraction of sp³-hybridized carbons (Fsp3) is 0.286. The lowest BCUT2D eigenvalue weighted by atomic mass is 10.0. The number of carbonyl (C=O) groups is 1. The van der Waals surface area contributed by atoms with E-state index in [9.17, 15) is 4.79 Å². The number of carbonyl (C=O) groups excluding carboxylic acids is 1. The van der Waals surface area contributed by atoms with E-state index >= 15 is 0 Å². The fourth-order valence-corrected chi connectivity index (χ4v) is 2.21. The van der Waals surface area contributed by atoms with Gasteiger partial charge in [-0.15, -0.1) is 11.3 Å². The van der Waals surface area contributed by atoms with Crippen LogP contribution in [0, 0.1) is 6.92 Å². The number of aryl methyl sites for hydroxylation is 1. The number of nitrogens with one attached hydrogen (secondary N) is 1. The zero-order valence-electron chi connectivity index (χ0n) is 10.7. The van der Waals surface area contributed by atoms with Gasteiger partial charge in [-0.2, -0.15) is 0 Å². The second-order valence-corrected chi connectivity index (χ2v) is 5.54. The SMILES string of the molecule is Cc1nc(C(=O)Nc2ccc(C(C)C)cc2)cs1. The summed E-state index contributed by atoms with van der Waals surface area (Å²) in [6.45, 7) is 6.18. The molecule has 4 heteroatoms. The Hall–Kier alpha value is -1.68. The van der Waals surface area contributed by atoms with Gasteiger partial charge in [-0.25, -0.2) is 4.98 Å². The molecule has 0 aliphatic heterocycles. The minimum absolute atomic E-state index is 0.156. The molecule has 18 heavy (non-hydrogen) atoms. The summed E-state index contributed by atoms with van der Waals surface area (Å²) in [6, 6.07) is 7.91. The van der Waals surface area contributed by atoms with Crippen molar-refractivity contribution in [2.75, 3.05) is 5.32 Å². The molecule has 0 aliphatic rings. The predicted octanol–water partition coefficient (Wildman–Crippen LogP) is 3.83. The zero-order valence-corrected chi connectivity index (χ0v) is 11.5. The Morgan fingerprint density at radius 3 is 2.44 bits per heavy atom. The smallest absolute Gasteiger partial charge is 0.275 e. The van der Waals surface area contributed by atoms with Crippen molar-refractivity contribution < 1.29 is 4.79 Å². The minimum Gasteiger partial charge on any atom is -0.321 e. The Balaban J connectivity index is 2.07. The van der Waals surface area contributed by atoms with E-state index in [4.69, 9.17) is 0 Å². The number of hydrogen-bond acceptors (Lipinski definition) is 3. The van der Waals surface area contributed by atoms with Gasteiger partial charge in [0.25, 0.3) is 5.91 Å². The second kappa shape index (κ2) is 5.31. The molecule has 0 saturated heterocycles. The molecule has 1 heterocycles. The molecule has 0 fully saturated rings. The zero-order chi connectivity index (χ0) is 13.1. The number of thiazole rings is 1. The Morgan fingerprint density at radius 2 is 1.94 bits per heavy atom. The molecule has 1 aromatic carbocycles. The van der Waals surface area contributed by atoms with Crippen LogP contribution in [-0.2, 0) is 0 Å². The van der Waals surface area contributed by atoms with E-state index < -0.39 is 0 Å². The van der Waals surface area contributed by atoms with Gasteiger partial charge < -0.3 is 5.32 Å². The molecule has 1 aromatic heterocycles. The molecule has 0 saturated carbocycles. The van der Waals surface area contributed by atoms with Gasteiger partial charge in [0.2, 0.25) is 0 Å². The van der Waals surface area contributed by atoms with Gasteiger partial charge >= 0.3 is 0 Å². The lowest BCUT2D eigenvalue weighted by Crippen LogP contribution is -2.12. The van der Waals surface area contributed by atoms with Gasteiger partial charge in [-0.3, -0.25) is 4.79 Å². The standard InChI is InChI=1S/C14H16N2OS/c1-9(2)11-4-6-12(7-5-11)16-14(17)13-8-18-10(3)15-13/h4-9H,1-3H3,(H,16,17). The topological polar surface area (TPSA) is 42.0 Å². The van der Waals surface area contributed by atoms with Crippen LogP contribution in [0.15, 0.2) is 29.6 Å². The highest BCUT2D eigenvalue weighted by atomic mass is 32.1. The highest BCUT2D eigenvalue weighted by Gasteiger charge is 2.09. The first kappa shape index (κ1) is 12.8. The van der Waals surface area contributed by atoms with Crippen LogP contribution in [0.25, 0.3) is 0 Å². The van der Waals surface area contributed by atoms with Crippen molar-refractivity contribution in [3.8, 4) is 0 Å². The van der Waals surface area contributed by atoms with Crippen molar-refractivity contribution in [3.05, 3.63) is 45.9 Å². The summed E-state index contributed by atoms with van der Waals surface area (Å²) >= 11 is 1.48. The maximum Gasteiger partial charge on any atom is 0.275 e. The lowest BCUT2D eigenvalue weighted by molar-refractivity contribution is 0.102. The van der Waals surface area contributed by atoms with Gasteiger partial charge in [0.05, 0.1) is 5.01 Å². The Bertz CT molecular complexity index is 543. The molecule has 2 aromatic rings. The molecule has 0 spiro atoms. The quantitative estimate of drug-likeness (QED) is 0.911. The Labute approximate surface area is 111 Å². The van der Waals surface area contributed by atoms with Gasteiger partial charge in [0.15, 0.2) is 0 Å². The van der Waals surface area contributed by atoms with Crippen molar-refractivity contribution in [1.29, 1.82) is 0 Å². The monoisotopic (exact) mass is 260 g/mol. The van der Waals surface area contributed by atoms with E-state index in [1.165, 1.54) is 16.9 Å². The van der Waals surface area contributed by atoms with Crippen molar-refractivity contribution in [3.63, 3.8) is 0 Å². The molecule has 0 unspecified atom stereocenters. The summed E-state index contributed by atoms with van der Waals surface area (Å²) in [4.78, 5) is 16.0. The highest BCUT2D eigenvalue weighted by Crippen LogP contribution is 2.18. The third-order valence-electron chi connectivity index (χ3n) is 2.69. The van der Waals surface area contributed by atoms with Gasteiger partial charge in [-0.05, 0) is 30.5 Å². The molecule has 0 bridgehead atoms. The molecule has 0 radical (unpaired) electrons. The normalized spacial score (nSPS) is 10.7. The molecule has 3 nitrogen and oxygen atoms in total. The summed E-state index contributed by atoms with van der Waals surface area (Å²) in [6.07, 6.45) is 0. The van der Waals surface area contributed by atoms with Gasteiger partial charge in [0.1, 0.15) is 5.69 Å². The number of amides is 1. The number of benzene rings is 1. The number of hydrogen-bond donors (Lipinski definition) is 1. The average molecular weight is 260 g/mol. The van der Waals surface area contributed by atoms with E-state index in [0.717, 1.165) is 10.7 Å². The number of aromatic nitrogens is 1. The van der Waals surface area contributed by atoms with Gasteiger partial charge in [0, 0.05) is 11.1 Å². The average Bonchev–Trinajstić information content (AvgIpc) is 2.76. The van der Waals surface area contributed by atoms with E-state index in [-0.39, 0.29) is 5.91 Å². The summed E-state index contributed by atoms with van der Waals surface area (Å²) in [5.41, 5.74) is 2.54. The third-order valence-corrected chi connectivity index (χ3v) is 3.46. The van der Waals surface area contributed by atoms with Crippen molar-refractivity contribution in [1.82, 2.24) is 4.98 Å². The number of anilines is 1. The van der Waals surface area contributed by atoms with Crippen LogP contribution >= 0.6 is 11.3 Å². The Morgan fingerprint density at radius 1 is 1.28 bits per heavy atom. The molecular formula is C14H16N2OS. The first-order valence-electron chi connectivity index (χ1n) is 5.89. The third kappa shape index (κ3) is 2.96. The van der Waals surface area contributed by atoms with Crippen LogP contribution in [0.4, 0.5) is 5.69 Å². The Kier molecular flexibility index (Phi) is 3.77. The summed E-state index contributed by atoms with van der Waals surface area (Å²) in [5, 5.41) is 5.51.